The average Bonchev–Trinajstić information content (AvgIpc) is 3.12. The van der Waals surface area contributed by atoms with Crippen LogP contribution in [0, 0.1) is 0 Å². The molecule has 3 rings (SSSR count). The van der Waals surface area contributed by atoms with Crippen molar-refractivity contribution in [3.05, 3.63) is 42.5 Å². The minimum atomic E-state index is -0.126. The Morgan fingerprint density at radius 1 is 1.26 bits per heavy atom. The van der Waals surface area contributed by atoms with Gasteiger partial charge in [-0.3, -0.25) is 9.69 Å². The molecule has 0 saturated heterocycles. The van der Waals surface area contributed by atoms with Gasteiger partial charge in [0.05, 0.1) is 10.2 Å². The molecule has 120 valence electrons. The van der Waals surface area contributed by atoms with Gasteiger partial charge in [-0.1, -0.05) is 23.5 Å². The predicted molar refractivity (Wildman–Crippen MR) is 93.1 cm³/mol. The van der Waals surface area contributed by atoms with E-state index >= 15 is 0 Å². The molecule has 0 radical (unpaired) electrons. The van der Waals surface area contributed by atoms with Gasteiger partial charge in [-0.15, -0.1) is 0 Å². The van der Waals surface area contributed by atoms with Gasteiger partial charge < -0.3 is 9.47 Å². The lowest BCUT2D eigenvalue weighted by atomic mass is 10.3. The number of hydrogen-bond donors (Lipinski definition) is 0. The summed E-state index contributed by atoms with van der Waals surface area (Å²) in [4.78, 5) is 25.5. The Balaban J connectivity index is 1.97. The molecular formula is C16H19N5OS. The maximum absolute atomic E-state index is 12.9. The van der Waals surface area contributed by atoms with E-state index in [0.29, 0.717) is 17.5 Å². The SMILES string of the molecule is CN(C)CCN(C(=O)c1nccn1C)c1nc2ccccc2s1. The van der Waals surface area contributed by atoms with E-state index < -0.39 is 0 Å². The number of benzene rings is 1. The van der Waals surface area contributed by atoms with Crippen LogP contribution in [-0.2, 0) is 7.05 Å². The lowest BCUT2D eigenvalue weighted by Gasteiger charge is -2.21. The fourth-order valence-corrected chi connectivity index (χ4v) is 3.24. The van der Waals surface area contributed by atoms with Crippen molar-refractivity contribution >= 4 is 32.6 Å². The maximum Gasteiger partial charge on any atom is 0.296 e. The molecule has 1 amide bonds. The van der Waals surface area contributed by atoms with E-state index in [9.17, 15) is 4.79 Å². The van der Waals surface area contributed by atoms with Crippen LogP contribution in [0.3, 0.4) is 0 Å². The van der Waals surface area contributed by atoms with E-state index in [1.165, 1.54) is 11.3 Å². The summed E-state index contributed by atoms with van der Waals surface area (Å²) in [6, 6.07) is 7.92. The molecule has 6 nitrogen and oxygen atoms in total. The summed E-state index contributed by atoms with van der Waals surface area (Å²) < 4.78 is 2.81. The summed E-state index contributed by atoms with van der Waals surface area (Å²) in [5.41, 5.74) is 0.912. The van der Waals surface area contributed by atoms with Crippen LogP contribution >= 0.6 is 11.3 Å². The molecule has 7 heteroatoms. The summed E-state index contributed by atoms with van der Waals surface area (Å²) >= 11 is 1.53. The van der Waals surface area contributed by atoms with E-state index in [-0.39, 0.29) is 5.91 Å². The molecule has 1 aromatic carbocycles. The molecular weight excluding hydrogens is 310 g/mol. The van der Waals surface area contributed by atoms with Crippen LogP contribution in [-0.4, -0.2) is 52.5 Å². The first kappa shape index (κ1) is 15.6. The fourth-order valence-electron chi connectivity index (χ4n) is 2.25. The van der Waals surface area contributed by atoms with Crippen molar-refractivity contribution < 1.29 is 4.79 Å². The van der Waals surface area contributed by atoms with Gasteiger partial charge in [0.1, 0.15) is 0 Å². The Labute approximate surface area is 139 Å². The Hall–Kier alpha value is -2.25. The van der Waals surface area contributed by atoms with E-state index in [0.717, 1.165) is 16.8 Å². The zero-order chi connectivity index (χ0) is 16.4. The quantitative estimate of drug-likeness (QED) is 0.720. The second-order valence-electron chi connectivity index (χ2n) is 5.59. The first-order chi connectivity index (χ1) is 11.1. The smallest absolute Gasteiger partial charge is 0.296 e. The molecule has 0 saturated carbocycles. The van der Waals surface area contributed by atoms with E-state index in [1.54, 1.807) is 21.9 Å². The Morgan fingerprint density at radius 2 is 2.04 bits per heavy atom. The van der Waals surface area contributed by atoms with E-state index in [2.05, 4.69) is 9.97 Å². The summed E-state index contributed by atoms with van der Waals surface area (Å²) in [5.74, 6) is 0.293. The van der Waals surface area contributed by atoms with Crippen LogP contribution < -0.4 is 4.90 Å². The van der Waals surface area contributed by atoms with Crippen LogP contribution in [0.25, 0.3) is 10.2 Å². The van der Waals surface area contributed by atoms with E-state index in [4.69, 9.17) is 0 Å². The van der Waals surface area contributed by atoms with Crippen molar-refractivity contribution in [2.45, 2.75) is 0 Å². The van der Waals surface area contributed by atoms with Gasteiger partial charge in [0.2, 0.25) is 0 Å². The lowest BCUT2D eigenvalue weighted by molar-refractivity contribution is 0.0972. The summed E-state index contributed by atoms with van der Waals surface area (Å²) in [6.07, 6.45) is 3.41. The second kappa shape index (κ2) is 6.47. The number of thiazole rings is 1. The third-order valence-corrected chi connectivity index (χ3v) is 4.60. The highest BCUT2D eigenvalue weighted by Crippen LogP contribution is 2.29. The Bertz CT molecular complexity index is 790. The number of rotatable bonds is 5. The monoisotopic (exact) mass is 329 g/mol. The highest BCUT2D eigenvalue weighted by Gasteiger charge is 2.24. The first-order valence-corrected chi connectivity index (χ1v) is 8.17. The molecule has 3 aromatic rings. The van der Waals surface area contributed by atoms with Crippen LogP contribution in [0.4, 0.5) is 5.13 Å². The maximum atomic E-state index is 12.9. The van der Waals surface area contributed by atoms with Crippen molar-refractivity contribution in [3.8, 4) is 0 Å². The number of fused-ring (bicyclic) bond motifs is 1. The second-order valence-corrected chi connectivity index (χ2v) is 6.60. The lowest BCUT2D eigenvalue weighted by Crippen LogP contribution is -2.38. The molecule has 0 N–H and O–H groups in total. The van der Waals surface area contributed by atoms with Gasteiger partial charge in [-0.05, 0) is 26.2 Å². The number of aryl methyl sites for hydroxylation is 1. The summed E-state index contributed by atoms with van der Waals surface area (Å²) in [7, 11) is 5.80. The molecule has 0 aliphatic carbocycles. The molecule has 0 unspecified atom stereocenters. The summed E-state index contributed by atoms with van der Waals surface area (Å²) in [5, 5.41) is 0.709. The molecule has 0 atom stereocenters. The number of para-hydroxylation sites is 1. The molecule has 2 heterocycles. The molecule has 0 fully saturated rings. The van der Waals surface area contributed by atoms with Crippen molar-refractivity contribution in [3.63, 3.8) is 0 Å². The number of nitrogens with zero attached hydrogens (tertiary/aromatic N) is 5. The molecule has 0 spiro atoms. The van der Waals surface area contributed by atoms with Crippen molar-refractivity contribution in [2.24, 2.45) is 7.05 Å². The van der Waals surface area contributed by atoms with Gasteiger partial charge in [-0.2, -0.15) is 0 Å². The molecule has 0 aliphatic rings. The van der Waals surface area contributed by atoms with Gasteiger partial charge in [0.15, 0.2) is 11.0 Å². The molecule has 0 aliphatic heterocycles. The van der Waals surface area contributed by atoms with Crippen molar-refractivity contribution in [1.82, 2.24) is 19.4 Å². The number of carbonyl (C=O) groups is 1. The Kier molecular flexibility index (Phi) is 4.40. The number of imidazole rings is 1. The third-order valence-electron chi connectivity index (χ3n) is 3.54. The van der Waals surface area contributed by atoms with Crippen molar-refractivity contribution in [2.75, 3.05) is 32.1 Å². The largest absolute Gasteiger partial charge is 0.330 e. The van der Waals surface area contributed by atoms with Gasteiger partial charge >= 0.3 is 0 Å². The zero-order valence-corrected chi connectivity index (χ0v) is 14.2. The number of carbonyl (C=O) groups excluding carboxylic acids is 1. The number of aromatic nitrogens is 3. The van der Waals surface area contributed by atoms with Crippen molar-refractivity contribution in [1.29, 1.82) is 0 Å². The van der Waals surface area contributed by atoms with Gasteiger partial charge in [0.25, 0.3) is 5.91 Å². The standard InChI is InChI=1S/C16H19N5OS/c1-19(2)10-11-21(15(22)14-17-8-9-20(14)3)16-18-12-6-4-5-7-13(12)23-16/h4-9H,10-11H2,1-3H3. The fraction of sp³-hybridized carbons (Fsp3) is 0.312. The number of amides is 1. The summed E-state index contributed by atoms with van der Waals surface area (Å²) in [6.45, 7) is 1.32. The van der Waals surface area contributed by atoms with Crippen LogP contribution in [0.1, 0.15) is 10.6 Å². The predicted octanol–water partition coefficient (Wildman–Crippen LogP) is 2.24. The van der Waals surface area contributed by atoms with Crippen LogP contribution in [0.15, 0.2) is 36.7 Å². The van der Waals surface area contributed by atoms with Crippen LogP contribution in [0.2, 0.25) is 0 Å². The number of hydrogen-bond acceptors (Lipinski definition) is 5. The van der Waals surface area contributed by atoms with Gasteiger partial charge in [0, 0.05) is 32.5 Å². The molecule has 23 heavy (non-hydrogen) atoms. The Morgan fingerprint density at radius 3 is 2.70 bits per heavy atom. The number of likely N-dealkylation sites (N-methyl/N-ethyl adjacent to an activating group) is 1. The highest BCUT2D eigenvalue weighted by molar-refractivity contribution is 7.22. The minimum absolute atomic E-state index is 0.126. The van der Waals surface area contributed by atoms with Gasteiger partial charge in [-0.25, -0.2) is 9.97 Å². The van der Waals surface area contributed by atoms with E-state index in [1.807, 2.05) is 50.3 Å². The third kappa shape index (κ3) is 3.25. The molecule has 2 aromatic heterocycles. The molecule has 0 bridgehead atoms. The highest BCUT2D eigenvalue weighted by atomic mass is 32.1. The zero-order valence-electron chi connectivity index (χ0n) is 13.4. The minimum Gasteiger partial charge on any atom is -0.330 e. The topological polar surface area (TPSA) is 54.3 Å². The number of anilines is 1. The first-order valence-electron chi connectivity index (χ1n) is 7.36. The normalized spacial score (nSPS) is 11.3. The average molecular weight is 329 g/mol. The van der Waals surface area contributed by atoms with Crippen LogP contribution in [0.5, 0.6) is 0 Å².